The van der Waals surface area contributed by atoms with Gasteiger partial charge in [0, 0.05) is 39.0 Å². The van der Waals surface area contributed by atoms with Gasteiger partial charge in [0.05, 0.1) is 12.7 Å². The van der Waals surface area contributed by atoms with Crippen molar-refractivity contribution >= 4 is 0 Å². The first-order chi connectivity index (χ1) is 8.86. The Morgan fingerprint density at radius 3 is 2.78 bits per heavy atom. The molecule has 106 valence electrons. The largest absolute Gasteiger partial charge is 0.381 e. The fourth-order valence-corrected chi connectivity index (χ4v) is 2.65. The summed E-state index contributed by atoms with van der Waals surface area (Å²) in [6.07, 6.45) is 5.11. The van der Waals surface area contributed by atoms with E-state index < -0.39 is 0 Å². The average molecular weight is 257 g/mol. The molecule has 2 rings (SSSR count). The van der Waals surface area contributed by atoms with Gasteiger partial charge in [-0.05, 0) is 38.5 Å². The van der Waals surface area contributed by atoms with Gasteiger partial charge in [-0.15, -0.1) is 0 Å². The van der Waals surface area contributed by atoms with Gasteiger partial charge in [-0.3, -0.25) is 0 Å². The molecule has 0 radical (unpaired) electrons. The smallest absolute Gasteiger partial charge is 0.0726 e. The Kier molecular flexibility index (Phi) is 6.41. The zero-order valence-electron chi connectivity index (χ0n) is 11.5. The lowest BCUT2D eigenvalue weighted by Gasteiger charge is -2.23. The van der Waals surface area contributed by atoms with E-state index in [9.17, 15) is 0 Å². The van der Waals surface area contributed by atoms with Gasteiger partial charge in [0.15, 0.2) is 0 Å². The lowest BCUT2D eigenvalue weighted by molar-refractivity contribution is 0.0196. The normalized spacial score (nSPS) is 27.5. The minimum Gasteiger partial charge on any atom is -0.381 e. The van der Waals surface area contributed by atoms with Gasteiger partial charge in [-0.1, -0.05) is 0 Å². The van der Waals surface area contributed by atoms with Gasteiger partial charge in [0.1, 0.15) is 0 Å². The Labute approximate surface area is 110 Å². The molecule has 2 aliphatic rings. The fraction of sp³-hybridized carbons (Fsp3) is 1.00. The summed E-state index contributed by atoms with van der Waals surface area (Å²) in [7, 11) is 0. The maximum atomic E-state index is 5.73. The van der Waals surface area contributed by atoms with Gasteiger partial charge in [0.25, 0.3) is 0 Å². The summed E-state index contributed by atoms with van der Waals surface area (Å²) in [5.74, 6) is 0.703. The Hall–Kier alpha value is -0.160. The molecule has 2 aliphatic heterocycles. The summed E-state index contributed by atoms with van der Waals surface area (Å²) in [5, 5.41) is 3.49. The van der Waals surface area contributed by atoms with Crippen LogP contribution in [-0.4, -0.2) is 51.7 Å². The standard InChI is InChI=1S/C14H27NO3/c1-12(14-3-2-7-18-14)15-6-10-17-11-13-4-8-16-9-5-13/h12-15H,2-11H2,1H3. The van der Waals surface area contributed by atoms with Gasteiger partial charge in [-0.2, -0.15) is 0 Å². The number of hydrogen-bond acceptors (Lipinski definition) is 4. The Balaban J connectivity index is 1.45. The van der Waals surface area contributed by atoms with Crippen molar-refractivity contribution in [2.45, 2.75) is 44.8 Å². The van der Waals surface area contributed by atoms with E-state index >= 15 is 0 Å². The summed E-state index contributed by atoms with van der Waals surface area (Å²) in [6.45, 7) is 7.55. The first-order valence-corrected chi connectivity index (χ1v) is 7.36. The van der Waals surface area contributed by atoms with Crippen molar-refractivity contribution in [1.82, 2.24) is 5.32 Å². The minimum atomic E-state index is 0.403. The third-order valence-electron chi connectivity index (χ3n) is 3.93. The molecule has 4 heteroatoms. The molecule has 1 N–H and O–H groups in total. The van der Waals surface area contributed by atoms with Crippen molar-refractivity contribution < 1.29 is 14.2 Å². The number of ether oxygens (including phenoxy) is 3. The summed E-state index contributed by atoms with van der Waals surface area (Å²) >= 11 is 0. The van der Waals surface area contributed by atoms with E-state index in [4.69, 9.17) is 14.2 Å². The molecular weight excluding hydrogens is 230 g/mol. The molecule has 0 aromatic heterocycles. The molecule has 0 aromatic carbocycles. The van der Waals surface area contributed by atoms with E-state index in [-0.39, 0.29) is 0 Å². The minimum absolute atomic E-state index is 0.403. The van der Waals surface area contributed by atoms with Gasteiger partial charge in [-0.25, -0.2) is 0 Å². The summed E-state index contributed by atoms with van der Waals surface area (Å²) in [5.41, 5.74) is 0. The van der Waals surface area contributed by atoms with E-state index in [1.165, 1.54) is 12.8 Å². The van der Waals surface area contributed by atoms with Crippen LogP contribution in [0.1, 0.15) is 32.6 Å². The van der Waals surface area contributed by atoms with Crippen molar-refractivity contribution in [3.8, 4) is 0 Å². The third-order valence-corrected chi connectivity index (χ3v) is 3.93. The highest BCUT2D eigenvalue weighted by Crippen LogP contribution is 2.15. The van der Waals surface area contributed by atoms with Crippen LogP contribution >= 0.6 is 0 Å². The predicted molar refractivity (Wildman–Crippen MR) is 70.8 cm³/mol. The second-order valence-electron chi connectivity index (χ2n) is 5.42. The van der Waals surface area contributed by atoms with Crippen molar-refractivity contribution in [2.75, 3.05) is 39.6 Å². The highest BCUT2D eigenvalue weighted by Gasteiger charge is 2.21. The van der Waals surface area contributed by atoms with Gasteiger partial charge >= 0.3 is 0 Å². The lowest BCUT2D eigenvalue weighted by Crippen LogP contribution is -2.38. The molecule has 2 unspecified atom stereocenters. The molecular formula is C14H27NO3. The molecule has 2 saturated heterocycles. The van der Waals surface area contributed by atoms with Crippen LogP contribution in [-0.2, 0) is 14.2 Å². The first kappa shape index (κ1) is 14.3. The summed E-state index contributed by atoms with van der Waals surface area (Å²) < 4.78 is 16.7. The summed E-state index contributed by atoms with van der Waals surface area (Å²) in [6, 6.07) is 0.444. The van der Waals surface area contributed by atoms with Crippen molar-refractivity contribution in [3.63, 3.8) is 0 Å². The monoisotopic (exact) mass is 257 g/mol. The zero-order chi connectivity index (χ0) is 12.6. The van der Waals surface area contributed by atoms with Crippen LogP contribution in [0, 0.1) is 5.92 Å². The first-order valence-electron chi connectivity index (χ1n) is 7.36. The average Bonchev–Trinajstić information content (AvgIpc) is 2.93. The quantitative estimate of drug-likeness (QED) is 0.703. The molecule has 0 amide bonds. The number of hydrogen-bond donors (Lipinski definition) is 1. The molecule has 0 aliphatic carbocycles. The summed E-state index contributed by atoms with van der Waals surface area (Å²) in [4.78, 5) is 0. The maximum absolute atomic E-state index is 5.73. The van der Waals surface area contributed by atoms with Gasteiger partial charge in [0.2, 0.25) is 0 Å². The molecule has 2 atom stereocenters. The van der Waals surface area contributed by atoms with E-state index in [1.807, 2.05) is 0 Å². The zero-order valence-corrected chi connectivity index (χ0v) is 11.5. The highest BCUT2D eigenvalue weighted by molar-refractivity contribution is 4.76. The molecule has 0 bridgehead atoms. The molecule has 2 heterocycles. The fourth-order valence-electron chi connectivity index (χ4n) is 2.65. The third kappa shape index (κ3) is 4.84. The van der Waals surface area contributed by atoms with E-state index in [2.05, 4.69) is 12.2 Å². The predicted octanol–water partition coefficient (Wildman–Crippen LogP) is 1.59. The van der Waals surface area contributed by atoms with E-state index in [0.717, 1.165) is 52.4 Å². The Bertz CT molecular complexity index is 213. The molecule has 0 spiro atoms. The van der Waals surface area contributed by atoms with Gasteiger partial charge < -0.3 is 19.5 Å². The second kappa shape index (κ2) is 8.10. The van der Waals surface area contributed by atoms with Crippen LogP contribution in [0.25, 0.3) is 0 Å². The van der Waals surface area contributed by atoms with Crippen LogP contribution in [0.2, 0.25) is 0 Å². The molecule has 2 fully saturated rings. The lowest BCUT2D eigenvalue weighted by atomic mass is 10.0. The van der Waals surface area contributed by atoms with Crippen LogP contribution in [0.5, 0.6) is 0 Å². The van der Waals surface area contributed by atoms with Crippen LogP contribution in [0.15, 0.2) is 0 Å². The van der Waals surface area contributed by atoms with E-state index in [0.29, 0.717) is 18.1 Å². The topological polar surface area (TPSA) is 39.7 Å². The van der Waals surface area contributed by atoms with Crippen LogP contribution < -0.4 is 5.32 Å². The van der Waals surface area contributed by atoms with Crippen molar-refractivity contribution in [2.24, 2.45) is 5.92 Å². The maximum Gasteiger partial charge on any atom is 0.0726 e. The van der Waals surface area contributed by atoms with Crippen molar-refractivity contribution in [1.29, 1.82) is 0 Å². The molecule has 0 saturated carbocycles. The molecule has 18 heavy (non-hydrogen) atoms. The number of nitrogens with one attached hydrogen (secondary N) is 1. The van der Waals surface area contributed by atoms with Crippen LogP contribution in [0.3, 0.4) is 0 Å². The number of rotatable bonds is 7. The van der Waals surface area contributed by atoms with Crippen LogP contribution in [0.4, 0.5) is 0 Å². The second-order valence-corrected chi connectivity index (χ2v) is 5.42. The Morgan fingerprint density at radius 1 is 1.22 bits per heavy atom. The highest BCUT2D eigenvalue weighted by atomic mass is 16.5. The molecule has 4 nitrogen and oxygen atoms in total. The van der Waals surface area contributed by atoms with E-state index in [1.54, 1.807) is 0 Å². The van der Waals surface area contributed by atoms with Crippen molar-refractivity contribution in [3.05, 3.63) is 0 Å². The molecule has 0 aromatic rings. The SMILES string of the molecule is CC(NCCOCC1CCOCC1)C1CCCO1. The Morgan fingerprint density at radius 2 is 2.06 bits per heavy atom.